The van der Waals surface area contributed by atoms with Crippen LogP contribution in [-0.2, 0) is 6.42 Å². The molecule has 0 aliphatic rings. The number of nitrogens with one attached hydrogen (secondary N) is 3. The fourth-order valence-electron chi connectivity index (χ4n) is 1.99. The van der Waals surface area contributed by atoms with E-state index in [2.05, 4.69) is 15.6 Å². The minimum absolute atomic E-state index is 0.127. The normalized spacial score (nSPS) is 10.9. The van der Waals surface area contributed by atoms with E-state index in [1.54, 1.807) is 0 Å². The van der Waals surface area contributed by atoms with Crippen LogP contribution in [0, 0.1) is 0 Å². The third-order valence-electron chi connectivity index (χ3n) is 2.83. The Morgan fingerprint density at radius 3 is 2.95 bits per heavy atom. The highest BCUT2D eigenvalue weighted by Gasteiger charge is 2.05. The lowest BCUT2D eigenvalue weighted by molar-refractivity contribution is 0.238. The SMILES string of the molecule is CC(C)NC(=O)NCCc1c[nH]c2cc(Cl)ccc12. The summed E-state index contributed by atoms with van der Waals surface area (Å²) in [6.07, 6.45) is 2.75. The van der Waals surface area contributed by atoms with Crippen LogP contribution in [0.4, 0.5) is 4.79 Å². The van der Waals surface area contributed by atoms with Crippen molar-refractivity contribution in [2.45, 2.75) is 26.3 Å². The Balaban J connectivity index is 1.93. The molecule has 1 heterocycles. The second-order valence-corrected chi connectivity index (χ2v) is 5.25. The number of aromatic nitrogens is 1. The Hall–Kier alpha value is -1.68. The Kier molecular flexibility index (Phi) is 4.32. The van der Waals surface area contributed by atoms with E-state index < -0.39 is 0 Å². The molecule has 0 aliphatic heterocycles. The van der Waals surface area contributed by atoms with Crippen LogP contribution in [0.1, 0.15) is 19.4 Å². The number of rotatable bonds is 4. The summed E-state index contributed by atoms with van der Waals surface area (Å²) in [7, 11) is 0. The summed E-state index contributed by atoms with van der Waals surface area (Å²) < 4.78 is 0. The van der Waals surface area contributed by atoms with Crippen LogP contribution in [-0.4, -0.2) is 23.6 Å². The highest BCUT2D eigenvalue weighted by atomic mass is 35.5. The molecule has 2 aromatic rings. The molecule has 0 radical (unpaired) electrons. The van der Waals surface area contributed by atoms with E-state index in [4.69, 9.17) is 11.6 Å². The topological polar surface area (TPSA) is 56.9 Å². The minimum Gasteiger partial charge on any atom is -0.361 e. The van der Waals surface area contributed by atoms with E-state index in [1.807, 2.05) is 38.2 Å². The molecule has 3 N–H and O–H groups in total. The summed E-state index contributed by atoms with van der Waals surface area (Å²) in [5.74, 6) is 0. The van der Waals surface area contributed by atoms with Gasteiger partial charge in [0.15, 0.2) is 0 Å². The van der Waals surface area contributed by atoms with Gasteiger partial charge in [-0.2, -0.15) is 0 Å². The highest BCUT2D eigenvalue weighted by Crippen LogP contribution is 2.22. The molecule has 0 unspecified atom stereocenters. The molecular weight excluding hydrogens is 262 g/mol. The molecule has 5 heteroatoms. The Morgan fingerprint density at radius 2 is 2.21 bits per heavy atom. The van der Waals surface area contributed by atoms with Crippen molar-refractivity contribution in [3.8, 4) is 0 Å². The first-order valence-electron chi connectivity index (χ1n) is 6.36. The zero-order valence-electron chi connectivity index (χ0n) is 11.1. The number of benzene rings is 1. The van der Waals surface area contributed by atoms with Gasteiger partial charge in [-0.15, -0.1) is 0 Å². The number of amides is 2. The van der Waals surface area contributed by atoms with Crippen LogP contribution in [0.5, 0.6) is 0 Å². The van der Waals surface area contributed by atoms with Crippen molar-refractivity contribution in [2.75, 3.05) is 6.54 Å². The summed E-state index contributed by atoms with van der Waals surface area (Å²) in [6.45, 7) is 4.47. The Morgan fingerprint density at radius 1 is 1.42 bits per heavy atom. The van der Waals surface area contributed by atoms with Crippen LogP contribution in [0.15, 0.2) is 24.4 Å². The molecule has 19 heavy (non-hydrogen) atoms. The van der Waals surface area contributed by atoms with E-state index in [9.17, 15) is 4.79 Å². The van der Waals surface area contributed by atoms with Crippen LogP contribution in [0.2, 0.25) is 5.02 Å². The van der Waals surface area contributed by atoms with Crippen molar-refractivity contribution < 1.29 is 4.79 Å². The summed E-state index contributed by atoms with van der Waals surface area (Å²) in [5, 5.41) is 7.50. The van der Waals surface area contributed by atoms with Gasteiger partial charge in [0, 0.05) is 34.7 Å². The molecule has 102 valence electrons. The van der Waals surface area contributed by atoms with Gasteiger partial charge in [-0.3, -0.25) is 0 Å². The van der Waals surface area contributed by atoms with Gasteiger partial charge in [0.2, 0.25) is 0 Å². The number of carbonyl (C=O) groups is 1. The van der Waals surface area contributed by atoms with Crippen molar-refractivity contribution in [3.05, 3.63) is 35.0 Å². The average molecular weight is 280 g/mol. The number of carbonyl (C=O) groups excluding carboxylic acids is 1. The van der Waals surface area contributed by atoms with E-state index in [-0.39, 0.29) is 12.1 Å². The van der Waals surface area contributed by atoms with Crippen molar-refractivity contribution in [3.63, 3.8) is 0 Å². The van der Waals surface area contributed by atoms with Crippen LogP contribution >= 0.6 is 11.6 Å². The smallest absolute Gasteiger partial charge is 0.314 e. The molecule has 0 bridgehead atoms. The predicted molar refractivity (Wildman–Crippen MR) is 78.7 cm³/mol. The molecule has 1 aromatic carbocycles. The number of hydrogen-bond donors (Lipinski definition) is 3. The van der Waals surface area contributed by atoms with E-state index >= 15 is 0 Å². The first kappa shape index (κ1) is 13.7. The van der Waals surface area contributed by atoms with E-state index in [1.165, 1.54) is 5.56 Å². The van der Waals surface area contributed by atoms with Crippen molar-refractivity contribution >= 4 is 28.5 Å². The van der Waals surface area contributed by atoms with Gasteiger partial charge in [-0.05, 0) is 38.0 Å². The van der Waals surface area contributed by atoms with Gasteiger partial charge in [0.25, 0.3) is 0 Å². The van der Waals surface area contributed by atoms with Crippen LogP contribution < -0.4 is 10.6 Å². The van der Waals surface area contributed by atoms with Gasteiger partial charge in [0.05, 0.1) is 0 Å². The molecule has 0 atom stereocenters. The average Bonchev–Trinajstić information content (AvgIpc) is 2.70. The zero-order valence-corrected chi connectivity index (χ0v) is 11.8. The molecule has 0 spiro atoms. The van der Waals surface area contributed by atoms with Crippen molar-refractivity contribution in [1.82, 2.24) is 15.6 Å². The Bertz CT molecular complexity index is 577. The quantitative estimate of drug-likeness (QED) is 0.791. The van der Waals surface area contributed by atoms with Gasteiger partial charge in [-0.1, -0.05) is 17.7 Å². The largest absolute Gasteiger partial charge is 0.361 e. The summed E-state index contributed by atoms with van der Waals surface area (Å²) in [4.78, 5) is 14.6. The molecule has 1 aromatic heterocycles. The molecule has 4 nitrogen and oxygen atoms in total. The lowest BCUT2D eigenvalue weighted by Gasteiger charge is -2.09. The lowest BCUT2D eigenvalue weighted by atomic mass is 10.1. The fourth-order valence-corrected chi connectivity index (χ4v) is 2.16. The number of H-pyrrole nitrogens is 1. The fraction of sp³-hybridized carbons (Fsp3) is 0.357. The van der Waals surface area contributed by atoms with Crippen molar-refractivity contribution in [1.29, 1.82) is 0 Å². The van der Waals surface area contributed by atoms with Gasteiger partial charge < -0.3 is 15.6 Å². The highest BCUT2D eigenvalue weighted by molar-refractivity contribution is 6.31. The van der Waals surface area contributed by atoms with Crippen LogP contribution in [0.25, 0.3) is 10.9 Å². The number of urea groups is 1. The van der Waals surface area contributed by atoms with Crippen LogP contribution in [0.3, 0.4) is 0 Å². The number of fused-ring (bicyclic) bond motifs is 1. The standard InChI is InChI=1S/C14H18ClN3O/c1-9(2)18-14(19)16-6-5-10-8-17-13-7-11(15)3-4-12(10)13/h3-4,7-9,17H,5-6H2,1-2H3,(H2,16,18,19). The number of aromatic amines is 1. The summed E-state index contributed by atoms with van der Waals surface area (Å²) in [6, 6.07) is 5.80. The third-order valence-corrected chi connectivity index (χ3v) is 3.06. The zero-order chi connectivity index (χ0) is 13.8. The molecule has 0 aliphatic carbocycles. The monoisotopic (exact) mass is 279 g/mol. The lowest BCUT2D eigenvalue weighted by Crippen LogP contribution is -2.40. The maximum atomic E-state index is 11.4. The maximum Gasteiger partial charge on any atom is 0.314 e. The van der Waals surface area contributed by atoms with Gasteiger partial charge in [0.1, 0.15) is 0 Å². The molecular formula is C14H18ClN3O. The maximum absolute atomic E-state index is 11.4. The molecule has 0 saturated heterocycles. The first-order chi connectivity index (χ1) is 9.06. The number of hydrogen-bond acceptors (Lipinski definition) is 1. The molecule has 2 amide bonds. The third kappa shape index (κ3) is 3.64. The predicted octanol–water partition coefficient (Wildman–Crippen LogP) is 3.07. The molecule has 0 fully saturated rings. The number of halogens is 1. The summed E-state index contributed by atoms with van der Waals surface area (Å²) in [5.41, 5.74) is 2.20. The van der Waals surface area contributed by atoms with Gasteiger partial charge in [-0.25, -0.2) is 4.79 Å². The second kappa shape index (κ2) is 5.97. The van der Waals surface area contributed by atoms with Gasteiger partial charge >= 0.3 is 6.03 Å². The Labute approximate surface area is 117 Å². The minimum atomic E-state index is -0.127. The second-order valence-electron chi connectivity index (χ2n) is 4.81. The molecule has 2 rings (SSSR count). The van der Waals surface area contributed by atoms with E-state index in [0.717, 1.165) is 22.3 Å². The van der Waals surface area contributed by atoms with E-state index in [0.29, 0.717) is 6.54 Å². The summed E-state index contributed by atoms with van der Waals surface area (Å²) >= 11 is 5.94. The molecule has 0 saturated carbocycles. The first-order valence-corrected chi connectivity index (χ1v) is 6.74. The van der Waals surface area contributed by atoms with Crippen molar-refractivity contribution in [2.24, 2.45) is 0 Å².